The number of fused-ring (bicyclic) bond motifs is 1. The van der Waals surface area contributed by atoms with Crippen LogP contribution < -0.4 is 0 Å². The molecule has 3 nitrogen and oxygen atoms in total. The van der Waals surface area contributed by atoms with E-state index in [1.165, 1.54) is 24.3 Å². The fourth-order valence-corrected chi connectivity index (χ4v) is 3.09. The summed E-state index contributed by atoms with van der Waals surface area (Å²) in [6, 6.07) is 4.04. The highest BCUT2D eigenvalue weighted by Gasteiger charge is 2.30. The molecule has 0 saturated carbocycles. The summed E-state index contributed by atoms with van der Waals surface area (Å²) in [5.41, 5.74) is 0.136. The molecule has 1 heterocycles. The smallest absolute Gasteiger partial charge is 0.205 e. The first-order chi connectivity index (χ1) is 7.57. The van der Waals surface area contributed by atoms with Gasteiger partial charge >= 0.3 is 0 Å². The minimum absolute atomic E-state index is 0.00699. The Balaban J connectivity index is 2.49. The zero-order valence-electron chi connectivity index (χ0n) is 8.73. The number of halogens is 1. The van der Waals surface area contributed by atoms with Gasteiger partial charge in [0.15, 0.2) is 0 Å². The van der Waals surface area contributed by atoms with Gasteiger partial charge in [0, 0.05) is 12.2 Å². The maximum Gasteiger partial charge on any atom is 0.205 e. The standard InChI is InChI=1S/C11H11FO3S/c1-2-15-7-8-6-9-10(12)4-3-5-11(9)16(8,13)14/h3-6H,2,7H2,1H3. The lowest BCUT2D eigenvalue weighted by atomic mass is 10.2. The monoisotopic (exact) mass is 242 g/mol. The van der Waals surface area contributed by atoms with Gasteiger partial charge in [-0.25, -0.2) is 12.8 Å². The van der Waals surface area contributed by atoms with Crippen LogP contribution in [0, 0.1) is 5.82 Å². The van der Waals surface area contributed by atoms with Crippen molar-refractivity contribution < 1.29 is 17.5 Å². The number of hydrogen-bond donors (Lipinski definition) is 0. The van der Waals surface area contributed by atoms with Crippen molar-refractivity contribution in [1.29, 1.82) is 0 Å². The molecule has 0 N–H and O–H groups in total. The van der Waals surface area contributed by atoms with Crippen molar-refractivity contribution >= 4 is 15.9 Å². The number of sulfone groups is 1. The molecule has 2 rings (SSSR count). The van der Waals surface area contributed by atoms with Gasteiger partial charge in [0.05, 0.1) is 16.4 Å². The average Bonchev–Trinajstić information content (AvgIpc) is 2.50. The number of hydrogen-bond acceptors (Lipinski definition) is 3. The first kappa shape index (κ1) is 11.3. The number of ether oxygens (including phenoxy) is 1. The molecule has 0 spiro atoms. The quantitative estimate of drug-likeness (QED) is 0.814. The Morgan fingerprint density at radius 1 is 1.38 bits per heavy atom. The lowest BCUT2D eigenvalue weighted by molar-refractivity contribution is 0.175. The van der Waals surface area contributed by atoms with Gasteiger partial charge in [-0.1, -0.05) is 6.07 Å². The van der Waals surface area contributed by atoms with Gasteiger partial charge in [0.1, 0.15) is 5.82 Å². The zero-order chi connectivity index (χ0) is 11.8. The molecule has 0 aliphatic carbocycles. The summed E-state index contributed by atoms with van der Waals surface area (Å²) >= 11 is 0. The van der Waals surface area contributed by atoms with E-state index in [9.17, 15) is 12.8 Å². The van der Waals surface area contributed by atoms with Crippen LogP contribution in [0.5, 0.6) is 0 Å². The lowest BCUT2D eigenvalue weighted by Crippen LogP contribution is -2.06. The SMILES string of the molecule is CCOCC1=Cc2c(F)cccc2S1(=O)=O. The number of rotatable bonds is 3. The van der Waals surface area contributed by atoms with Crippen LogP contribution >= 0.6 is 0 Å². The van der Waals surface area contributed by atoms with Crippen molar-refractivity contribution in [2.45, 2.75) is 11.8 Å². The van der Waals surface area contributed by atoms with E-state index in [0.29, 0.717) is 6.61 Å². The Bertz CT molecular complexity index is 546. The molecule has 1 aromatic carbocycles. The highest BCUT2D eigenvalue weighted by atomic mass is 32.2. The molecule has 0 saturated heterocycles. The molecule has 1 aromatic rings. The van der Waals surface area contributed by atoms with Crippen molar-refractivity contribution in [2.24, 2.45) is 0 Å². The second-order valence-corrected chi connectivity index (χ2v) is 5.37. The molecule has 0 fully saturated rings. The maximum atomic E-state index is 13.4. The van der Waals surface area contributed by atoms with E-state index in [0.717, 1.165) is 0 Å². The van der Waals surface area contributed by atoms with Gasteiger partial charge < -0.3 is 4.74 Å². The first-order valence-electron chi connectivity index (χ1n) is 4.89. The van der Waals surface area contributed by atoms with E-state index in [1.54, 1.807) is 6.92 Å². The molecular weight excluding hydrogens is 231 g/mol. The normalized spacial score (nSPS) is 17.0. The highest BCUT2D eigenvalue weighted by molar-refractivity contribution is 7.95. The Kier molecular flexibility index (Phi) is 2.82. The van der Waals surface area contributed by atoms with Gasteiger partial charge in [0.2, 0.25) is 9.84 Å². The summed E-state index contributed by atoms with van der Waals surface area (Å²) in [6.45, 7) is 2.19. The van der Waals surface area contributed by atoms with Crippen molar-refractivity contribution in [3.63, 3.8) is 0 Å². The first-order valence-corrected chi connectivity index (χ1v) is 6.37. The molecule has 0 atom stereocenters. The van der Waals surface area contributed by atoms with E-state index in [1.807, 2.05) is 0 Å². The van der Waals surface area contributed by atoms with Gasteiger partial charge in [0.25, 0.3) is 0 Å². The van der Waals surface area contributed by atoms with Crippen molar-refractivity contribution in [3.05, 3.63) is 34.5 Å². The predicted octanol–water partition coefficient (Wildman–Crippen LogP) is 1.99. The lowest BCUT2D eigenvalue weighted by Gasteiger charge is -2.03. The van der Waals surface area contributed by atoms with E-state index >= 15 is 0 Å². The van der Waals surface area contributed by atoms with Crippen LogP contribution in [0.3, 0.4) is 0 Å². The Hall–Kier alpha value is -1.20. The maximum absolute atomic E-state index is 13.4. The summed E-state index contributed by atoms with van der Waals surface area (Å²) in [5, 5.41) is 0. The number of benzene rings is 1. The van der Waals surface area contributed by atoms with Crippen LogP contribution in [-0.2, 0) is 14.6 Å². The minimum atomic E-state index is -3.55. The molecule has 1 aliphatic heterocycles. The van der Waals surface area contributed by atoms with Crippen LogP contribution in [-0.4, -0.2) is 21.6 Å². The molecule has 0 aromatic heterocycles. The van der Waals surface area contributed by atoms with Crippen LogP contribution in [0.2, 0.25) is 0 Å². The van der Waals surface area contributed by atoms with Gasteiger partial charge in [-0.15, -0.1) is 0 Å². The topological polar surface area (TPSA) is 43.4 Å². The molecular formula is C11H11FO3S. The largest absolute Gasteiger partial charge is 0.376 e. The zero-order valence-corrected chi connectivity index (χ0v) is 9.55. The van der Waals surface area contributed by atoms with Crippen molar-refractivity contribution in [3.8, 4) is 0 Å². The van der Waals surface area contributed by atoms with Crippen molar-refractivity contribution in [1.82, 2.24) is 0 Å². The van der Waals surface area contributed by atoms with E-state index in [-0.39, 0.29) is 22.0 Å². The van der Waals surface area contributed by atoms with Crippen molar-refractivity contribution in [2.75, 3.05) is 13.2 Å². The Labute approximate surface area is 93.5 Å². The second kappa shape index (κ2) is 3.99. The molecule has 16 heavy (non-hydrogen) atoms. The third kappa shape index (κ3) is 1.66. The van der Waals surface area contributed by atoms with Crippen LogP contribution in [0.1, 0.15) is 12.5 Å². The molecule has 5 heteroatoms. The fourth-order valence-electron chi connectivity index (χ4n) is 1.59. The third-order valence-corrected chi connectivity index (χ3v) is 4.26. The molecule has 0 amide bonds. The van der Waals surface area contributed by atoms with Crippen LogP contribution in [0.15, 0.2) is 28.0 Å². The van der Waals surface area contributed by atoms with E-state index in [2.05, 4.69) is 0 Å². The molecule has 0 bridgehead atoms. The summed E-state index contributed by atoms with van der Waals surface area (Å²) in [7, 11) is -3.55. The molecule has 0 unspecified atom stereocenters. The molecule has 86 valence electrons. The van der Waals surface area contributed by atoms with Gasteiger partial charge in [-0.3, -0.25) is 0 Å². The minimum Gasteiger partial charge on any atom is -0.376 e. The second-order valence-electron chi connectivity index (χ2n) is 3.40. The highest BCUT2D eigenvalue weighted by Crippen LogP contribution is 2.34. The third-order valence-electron chi connectivity index (χ3n) is 2.40. The van der Waals surface area contributed by atoms with Crippen LogP contribution in [0.4, 0.5) is 4.39 Å². The molecule has 1 aliphatic rings. The van der Waals surface area contributed by atoms with Gasteiger partial charge in [-0.2, -0.15) is 0 Å². The van der Waals surface area contributed by atoms with Crippen LogP contribution in [0.25, 0.3) is 6.08 Å². The van der Waals surface area contributed by atoms with E-state index < -0.39 is 15.7 Å². The average molecular weight is 242 g/mol. The molecule has 0 radical (unpaired) electrons. The summed E-state index contributed by atoms with van der Waals surface area (Å²) < 4.78 is 42.3. The summed E-state index contributed by atoms with van der Waals surface area (Å²) in [5.74, 6) is -0.521. The van der Waals surface area contributed by atoms with Gasteiger partial charge in [-0.05, 0) is 25.1 Å². The fraction of sp³-hybridized carbons (Fsp3) is 0.273. The van der Waals surface area contributed by atoms with E-state index in [4.69, 9.17) is 4.74 Å². The Morgan fingerprint density at radius 3 is 2.75 bits per heavy atom. The Morgan fingerprint density at radius 2 is 2.12 bits per heavy atom. The summed E-state index contributed by atoms with van der Waals surface area (Å²) in [6.07, 6.45) is 1.34. The summed E-state index contributed by atoms with van der Waals surface area (Å²) in [4.78, 5) is 0.150. The predicted molar refractivity (Wildman–Crippen MR) is 58.1 cm³/mol.